The first-order valence-corrected chi connectivity index (χ1v) is 6.43. The third-order valence-electron chi connectivity index (χ3n) is 3.43. The van der Waals surface area contributed by atoms with Crippen LogP contribution in [0.25, 0.3) is 0 Å². The highest BCUT2D eigenvalue weighted by atomic mass is 16.8. The highest BCUT2D eigenvalue weighted by Gasteiger charge is 2.58. The van der Waals surface area contributed by atoms with Crippen molar-refractivity contribution in [1.29, 1.82) is 4.29 Å². The molecule has 2 rings (SSSR count). The average Bonchev–Trinajstić information content (AvgIpc) is 2.91. The van der Waals surface area contributed by atoms with E-state index in [2.05, 4.69) is 15.3 Å². The zero-order valence-electron chi connectivity index (χ0n) is 19.5. The molecule has 2 aliphatic heterocycles. The van der Waals surface area contributed by atoms with Crippen molar-refractivity contribution in [2.45, 2.75) is 54.7 Å². The van der Waals surface area contributed by atoms with Crippen LogP contribution in [-0.4, -0.2) is 120 Å². The molecule has 0 aliphatic carbocycles. The molecule has 0 aromatic rings. The zero-order chi connectivity index (χ0) is 24.0. The van der Waals surface area contributed by atoms with Gasteiger partial charge in [-0.15, -0.1) is 0 Å². The molecule has 11 nitrogen and oxygen atoms in total. The molecule has 2 aliphatic rings. The van der Waals surface area contributed by atoms with Crippen molar-refractivity contribution in [3.8, 4) is 0 Å². The van der Waals surface area contributed by atoms with Gasteiger partial charge in [-0.05, 0) is 0 Å². The van der Waals surface area contributed by atoms with Crippen LogP contribution in [-0.2, 0) is 14.2 Å². The molecule has 2 fully saturated rings. The Kier molecular flexibility index (Phi) is 3.30. The number of hydrogen-bond acceptors (Lipinski definition) is 11. The average molecular weight is 350 g/mol. The summed E-state index contributed by atoms with van der Waals surface area (Å²) < 4.78 is 76.8. The summed E-state index contributed by atoms with van der Waals surface area (Å²) in [7, 11) is 0. The lowest BCUT2D eigenvalue weighted by Crippen LogP contribution is -2.62. The summed E-state index contributed by atoms with van der Waals surface area (Å²) in [5, 5.41) is 60.8. The molecule has 23 heavy (non-hydrogen) atoms. The molecule has 11 heteroatoms. The van der Waals surface area contributed by atoms with Crippen molar-refractivity contribution >= 4 is 0 Å². The lowest BCUT2D eigenvalue weighted by Gasteiger charge is -2.43. The van der Waals surface area contributed by atoms with E-state index >= 15 is 0 Å². The maximum atomic E-state index is 10.2. The Morgan fingerprint density at radius 2 is 1.91 bits per heavy atom. The van der Waals surface area contributed by atoms with E-state index in [9.17, 15) is 25.5 Å². The Labute approximate surface area is 142 Å². The Hall–Kier alpha value is -0.440. The fraction of sp³-hybridized carbons (Fsp3) is 1.00. The van der Waals surface area contributed by atoms with E-state index in [1.807, 2.05) is 0 Å². The fourth-order valence-electron chi connectivity index (χ4n) is 2.14. The smallest absolute Gasteiger partial charge is 0.224 e. The second-order valence-electron chi connectivity index (χ2n) is 4.88. The molecule has 0 radical (unpaired) electrons. The van der Waals surface area contributed by atoms with Gasteiger partial charge >= 0.3 is 0 Å². The van der Waals surface area contributed by atoms with Crippen LogP contribution < -0.4 is 0 Å². The van der Waals surface area contributed by atoms with Crippen LogP contribution in [0.15, 0.2) is 0 Å². The third-order valence-corrected chi connectivity index (χ3v) is 3.43. The second-order valence-corrected chi connectivity index (χ2v) is 4.88. The molecule has 0 saturated carbocycles. The SMILES string of the molecule is [2H]OC([2H])([2H])[C@@]1(O[C@H]2O[C@H](CO)[C@@H](O)[C@H](O)[C@H]2O)O[C@]([2H])(CO)[C@@]([2H])(O[2H])[C@]1([2H])O[2H]. The molecule has 0 spiro atoms. The van der Waals surface area contributed by atoms with Crippen LogP contribution in [0.3, 0.4) is 0 Å². The Bertz CT molecular complexity index is 650. The molecule has 0 unspecified atom stereocenters. The van der Waals surface area contributed by atoms with Crippen LogP contribution in [0.1, 0.15) is 6.85 Å². The van der Waals surface area contributed by atoms with Gasteiger partial charge in [-0.3, -0.25) is 0 Å². The predicted octanol–water partition coefficient (Wildman–Crippen LogP) is -5.40. The quantitative estimate of drug-likeness (QED) is 0.208. The van der Waals surface area contributed by atoms with E-state index < -0.39 is 74.5 Å². The van der Waals surface area contributed by atoms with Gasteiger partial charge < -0.3 is 55.1 Å². The van der Waals surface area contributed by atoms with Gasteiger partial charge in [0.15, 0.2) is 6.29 Å². The standard InChI is InChI=1S/C12H22O11/c13-1-4-6(16)8(18)9(19)11(21-4)23-12(3-15)10(20)7(17)5(2-14)22-12/h4-11,13-20H,1-3H2/t4-,5-,6-,7-,8+,9-,10+,11-,12+/m1/s1/i3D2,5D,7D,10D,15D,17D,20D. The lowest BCUT2D eigenvalue weighted by atomic mass is 9.99. The molecule has 2 saturated heterocycles. The van der Waals surface area contributed by atoms with Gasteiger partial charge in [-0.2, -0.15) is 0 Å². The van der Waals surface area contributed by atoms with Gasteiger partial charge in [-0.25, -0.2) is 0 Å². The number of rotatable bonds is 8. The van der Waals surface area contributed by atoms with Crippen LogP contribution in [0.4, 0.5) is 0 Å². The molecule has 2 heterocycles. The summed E-state index contributed by atoms with van der Waals surface area (Å²) >= 11 is 0. The third kappa shape index (κ3) is 3.23. The molecule has 0 aromatic heterocycles. The molecule has 8 N–H and O–H groups in total. The monoisotopic (exact) mass is 350 g/mol. The van der Waals surface area contributed by atoms with E-state index in [1.54, 1.807) is 0 Å². The van der Waals surface area contributed by atoms with Crippen molar-refractivity contribution in [3.05, 3.63) is 0 Å². The Morgan fingerprint density at radius 3 is 2.48 bits per heavy atom. The number of aliphatic hydroxyl groups is 8. The topological polar surface area (TPSA) is 190 Å². The molecule has 9 atom stereocenters. The van der Waals surface area contributed by atoms with Gasteiger partial charge in [0.1, 0.15) is 49.2 Å². The zero-order valence-corrected chi connectivity index (χ0v) is 11.5. The Morgan fingerprint density at radius 1 is 1.13 bits per heavy atom. The number of hydrogen-bond donors (Lipinski definition) is 8. The van der Waals surface area contributed by atoms with Crippen molar-refractivity contribution in [1.82, 2.24) is 0 Å². The van der Waals surface area contributed by atoms with Gasteiger partial charge in [-0.1, -0.05) is 0 Å². The summed E-state index contributed by atoms with van der Waals surface area (Å²) in [4.78, 5) is 0. The summed E-state index contributed by atoms with van der Waals surface area (Å²) in [6.07, 6.45) is -20.7. The largest absolute Gasteiger partial charge is 0.394 e. The van der Waals surface area contributed by atoms with Gasteiger partial charge in [0.2, 0.25) is 10.1 Å². The van der Waals surface area contributed by atoms with Crippen molar-refractivity contribution in [2.24, 2.45) is 0 Å². The number of ether oxygens (including phenoxy) is 3. The van der Waals surface area contributed by atoms with Crippen LogP contribution in [0.2, 0.25) is 0 Å². The minimum absolute atomic E-state index is 0.946. The van der Waals surface area contributed by atoms with Crippen molar-refractivity contribution in [2.75, 3.05) is 19.8 Å². The molecule has 0 amide bonds. The van der Waals surface area contributed by atoms with Gasteiger partial charge in [0, 0.05) is 0 Å². The minimum atomic E-state index is -3.75. The molecule has 136 valence electrons. The highest BCUT2D eigenvalue weighted by molar-refractivity contribution is 4.98. The van der Waals surface area contributed by atoms with E-state index in [1.165, 1.54) is 0 Å². The maximum Gasteiger partial charge on any atom is 0.224 e. The number of aliphatic hydroxyl groups excluding tert-OH is 5. The predicted molar refractivity (Wildman–Crippen MR) is 68.6 cm³/mol. The second kappa shape index (κ2) is 7.21. The first-order chi connectivity index (χ1) is 14.2. The van der Waals surface area contributed by atoms with Gasteiger partial charge in [0.25, 0.3) is 0 Å². The Balaban J connectivity index is 2.68. The van der Waals surface area contributed by atoms with Crippen molar-refractivity contribution in [3.63, 3.8) is 0 Å². The molecular weight excluding hydrogens is 320 g/mol. The van der Waals surface area contributed by atoms with Crippen LogP contribution in [0, 0.1) is 0 Å². The minimum Gasteiger partial charge on any atom is -0.394 e. The summed E-state index contributed by atoms with van der Waals surface area (Å²) in [6.45, 7) is -6.25. The summed E-state index contributed by atoms with van der Waals surface area (Å²) in [5.41, 5.74) is 0. The first kappa shape index (κ1) is 10.5. The van der Waals surface area contributed by atoms with E-state index in [0.29, 0.717) is 0 Å². The molecular formula is C12H22O11. The van der Waals surface area contributed by atoms with Gasteiger partial charge in [0.05, 0.1) is 20.1 Å². The summed E-state index contributed by atoms with van der Waals surface area (Å²) in [5.74, 6) is -3.75. The summed E-state index contributed by atoms with van der Waals surface area (Å²) in [6, 6.07) is 0. The van der Waals surface area contributed by atoms with E-state index in [-0.39, 0.29) is 0 Å². The van der Waals surface area contributed by atoms with E-state index in [0.717, 1.165) is 0 Å². The fourth-order valence-corrected chi connectivity index (χ4v) is 2.14. The van der Waals surface area contributed by atoms with Crippen molar-refractivity contribution < 1.29 is 61.9 Å². The maximum absolute atomic E-state index is 10.2. The van der Waals surface area contributed by atoms with Crippen LogP contribution >= 0.6 is 0 Å². The molecule has 0 bridgehead atoms. The molecule has 0 aromatic carbocycles. The van der Waals surface area contributed by atoms with Crippen LogP contribution in [0.5, 0.6) is 0 Å². The first-order valence-electron chi connectivity index (χ1n) is 10.2. The normalized spacial score (nSPS) is 66.2. The van der Waals surface area contributed by atoms with E-state index in [4.69, 9.17) is 25.4 Å². The lowest BCUT2D eigenvalue weighted by molar-refractivity contribution is -0.383. The highest BCUT2D eigenvalue weighted by Crippen LogP contribution is 2.35.